The fraction of sp³-hybridized carbons (Fsp3) is 0.300. The first kappa shape index (κ1) is 26.9. The van der Waals surface area contributed by atoms with Crippen LogP contribution in [-0.4, -0.2) is 58.1 Å². The van der Waals surface area contributed by atoms with Crippen molar-refractivity contribution in [3.05, 3.63) is 83.8 Å². The van der Waals surface area contributed by atoms with E-state index in [4.69, 9.17) is 18.6 Å². The number of Topliss-reactive ketones (excluding diaryl/α,β-unsaturated/α-hetero) is 1. The number of furan rings is 1. The number of ether oxygens (including phenoxy) is 3. The van der Waals surface area contributed by atoms with E-state index < -0.39 is 23.5 Å². The normalized spacial score (nSPS) is 15.2. The average molecular weight is 546 g/mol. The van der Waals surface area contributed by atoms with Crippen LogP contribution in [0.3, 0.4) is 0 Å². The first-order valence-electron chi connectivity index (χ1n) is 13.2. The second kappa shape index (κ2) is 11.6. The maximum absolute atomic E-state index is 13.9. The molecule has 1 atom stereocenters. The van der Waals surface area contributed by atoms with E-state index in [-0.39, 0.29) is 17.9 Å². The number of imidazole rings is 1. The van der Waals surface area contributed by atoms with E-state index in [1.165, 1.54) is 12.0 Å². The molecule has 0 bridgehead atoms. The van der Waals surface area contributed by atoms with E-state index in [1.54, 1.807) is 55.0 Å². The van der Waals surface area contributed by atoms with Crippen LogP contribution in [-0.2, 0) is 11.3 Å². The number of nitrogens with zero attached hydrogens (tertiary/aromatic N) is 3. The van der Waals surface area contributed by atoms with Gasteiger partial charge in [-0.3, -0.25) is 9.59 Å². The van der Waals surface area contributed by atoms with Crippen LogP contribution in [0.15, 0.2) is 76.9 Å². The van der Waals surface area contributed by atoms with Gasteiger partial charge < -0.3 is 33.2 Å². The van der Waals surface area contributed by atoms with Crippen molar-refractivity contribution in [1.82, 2.24) is 14.5 Å². The summed E-state index contributed by atoms with van der Waals surface area (Å²) in [7, 11) is 1.52. The van der Waals surface area contributed by atoms with E-state index in [9.17, 15) is 14.7 Å². The second-order valence-corrected chi connectivity index (χ2v) is 9.21. The van der Waals surface area contributed by atoms with Gasteiger partial charge in [-0.2, -0.15) is 0 Å². The number of carbonyl (C=O) groups is 2. The zero-order valence-electron chi connectivity index (χ0n) is 22.6. The van der Waals surface area contributed by atoms with Crippen molar-refractivity contribution >= 4 is 22.7 Å². The lowest BCUT2D eigenvalue weighted by atomic mass is 9.94. The third-order valence-electron chi connectivity index (χ3n) is 6.76. The van der Waals surface area contributed by atoms with Crippen LogP contribution in [0.25, 0.3) is 11.0 Å². The van der Waals surface area contributed by atoms with Crippen molar-refractivity contribution in [3.8, 4) is 17.2 Å². The molecule has 10 nitrogen and oxygen atoms in total. The summed E-state index contributed by atoms with van der Waals surface area (Å²) in [6.07, 6.45) is 5.80. The molecule has 4 aromatic rings. The molecule has 1 aliphatic rings. The summed E-state index contributed by atoms with van der Waals surface area (Å²) in [4.78, 5) is 32.9. The number of aliphatic hydroxyl groups is 1. The maximum atomic E-state index is 13.9. The number of aryl methyl sites for hydroxylation is 1. The van der Waals surface area contributed by atoms with E-state index >= 15 is 0 Å². The molecule has 3 heterocycles. The lowest BCUT2D eigenvalue weighted by Crippen LogP contribution is -2.32. The molecular formula is C30H31N3O7. The van der Waals surface area contributed by atoms with E-state index in [2.05, 4.69) is 4.98 Å². The molecular weight excluding hydrogens is 514 g/mol. The predicted octanol–water partition coefficient (Wildman–Crippen LogP) is 5.10. The Morgan fingerprint density at radius 2 is 1.85 bits per heavy atom. The van der Waals surface area contributed by atoms with Crippen LogP contribution < -0.4 is 14.2 Å². The van der Waals surface area contributed by atoms with Crippen molar-refractivity contribution in [1.29, 1.82) is 0 Å². The standard InChI is InChI=1S/C30H31N3O7/c1-4-38-21-11-10-19(16-23(21)39-5-2)26-25(27(34)24-17-20-8-6-9-22(37-3)29(20)40-24)28(35)30(36)33(26)14-7-13-32-15-12-31-18-32/h6,8-12,15-18,26,35H,4-5,7,13-14H2,1-3H3. The number of para-hydroxylation sites is 1. The molecule has 1 amide bonds. The maximum Gasteiger partial charge on any atom is 0.290 e. The molecule has 2 aromatic heterocycles. The predicted molar refractivity (Wildman–Crippen MR) is 147 cm³/mol. The molecule has 0 radical (unpaired) electrons. The highest BCUT2D eigenvalue weighted by Gasteiger charge is 2.44. The summed E-state index contributed by atoms with van der Waals surface area (Å²) in [5.74, 6) is -0.304. The monoisotopic (exact) mass is 545 g/mol. The van der Waals surface area contributed by atoms with Gasteiger partial charge in [-0.15, -0.1) is 0 Å². The molecule has 5 rings (SSSR count). The van der Waals surface area contributed by atoms with Crippen LogP contribution >= 0.6 is 0 Å². The van der Waals surface area contributed by atoms with Crippen LogP contribution in [0.5, 0.6) is 17.2 Å². The molecule has 208 valence electrons. The van der Waals surface area contributed by atoms with Gasteiger partial charge in [0.15, 0.2) is 34.4 Å². The Bertz CT molecular complexity index is 1550. The number of hydrogen-bond donors (Lipinski definition) is 1. The number of amides is 1. The summed E-state index contributed by atoms with van der Waals surface area (Å²) in [6.45, 7) is 5.48. The molecule has 10 heteroatoms. The average Bonchev–Trinajstić information content (AvgIpc) is 3.69. The quantitative estimate of drug-likeness (QED) is 0.244. The molecule has 0 fully saturated rings. The Hall–Kier alpha value is -4.73. The minimum absolute atomic E-state index is 0.00455. The van der Waals surface area contributed by atoms with Gasteiger partial charge in [0.2, 0.25) is 5.78 Å². The number of methoxy groups -OCH3 is 1. The molecule has 0 saturated carbocycles. The lowest BCUT2D eigenvalue weighted by molar-refractivity contribution is -0.129. The topological polar surface area (TPSA) is 116 Å². The number of carbonyl (C=O) groups excluding carboxylic acids is 2. The van der Waals surface area contributed by atoms with Gasteiger partial charge in [-0.25, -0.2) is 4.98 Å². The summed E-state index contributed by atoms with van der Waals surface area (Å²) < 4.78 is 24.7. The first-order chi connectivity index (χ1) is 19.5. The van der Waals surface area contributed by atoms with Crippen LogP contribution in [0, 0.1) is 0 Å². The highest BCUT2D eigenvalue weighted by molar-refractivity contribution is 6.16. The van der Waals surface area contributed by atoms with E-state index in [1.807, 2.05) is 24.6 Å². The number of benzene rings is 2. The van der Waals surface area contributed by atoms with Crippen LogP contribution in [0.2, 0.25) is 0 Å². The minimum atomic E-state index is -0.868. The number of aliphatic hydroxyl groups excluding tert-OH is 1. The third-order valence-corrected chi connectivity index (χ3v) is 6.76. The van der Waals surface area contributed by atoms with Gasteiger partial charge in [0.25, 0.3) is 5.91 Å². The molecule has 40 heavy (non-hydrogen) atoms. The molecule has 2 aromatic carbocycles. The highest BCUT2D eigenvalue weighted by Crippen LogP contribution is 2.42. The fourth-order valence-electron chi connectivity index (χ4n) is 4.98. The Labute approximate surface area is 231 Å². The van der Waals surface area contributed by atoms with E-state index in [0.29, 0.717) is 60.0 Å². The molecule has 0 saturated heterocycles. The first-order valence-corrected chi connectivity index (χ1v) is 13.2. The van der Waals surface area contributed by atoms with Crippen molar-refractivity contribution in [2.75, 3.05) is 26.9 Å². The van der Waals surface area contributed by atoms with Crippen LogP contribution in [0.4, 0.5) is 0 Å². The number of hydrogen-bond acceptors (Lipinski definition) is 8. The van der Waals surface area contributed by atoms with Gasteiger partial charge in [0, 0.05) is 30.9 Å². The van der Waals surface area contributed by atoms with Gasteiger partial charge in [-0.1, -0.05) is 18.2 Å². The van der Waals surface area contributed by atoms with E-state index in [0.717, 1.165) is 0 Å². The number of aromatic nitrogens is 2. The zero-order chi connectivity index (χ0) is 28.2. The Morgan fingerprint density at radius 3 is 2.58 bits per heavy atom. The lowest BCUT2D eigenvalue weighted by Gasteiger charge is -2.27. The molecule has 0 spiro atoms. The van der Waals surface area contributed by atoms with Gasteiger partial charge in [0.1, 0.15) is 0 Å². The third kappa shape index (κ3) is 5.00. The van der Waals surface area contributed by atoms with Crippen molar-refractivity contribution in [3.63, 3.8) is 0 Å². The Balaban J connectivity index is 1.55. The largest absolute Gasteiger partial charge is 0.503 e. The molecule has 1 unspecified atom stereocenters. The number of fused-ring (bicyclic) bond motifs is 1. The van der Waals surface area contributed by atoms with Crippen molar-refractivity contribution in [2.45, 2.75) is 32.9 Å². The Morgan fingerprint density at radius 1 is 1.05 bits per heavy atom. The van der Waals surface area contributed by atoms with Gasteiger partial charge in [0.05, 0.1) is 38.3 Å². The molecule has 1 aliphatic heterocycles. The van der Waals surface area contributed by atoms with Crippen molar-refractivity contribution in [2.24, 2.45) is 0 Å². The highest BCUT2D eigenvalue weighted by atomic mass is 16.5. The molecule has 1 N–H and O–H groups in total. The Kier molecular flexibility index (Phi) is 7.77. The van der Waals surface area contributed by atoms with Gasteiger partial charge in [-0.05, 0) is 50.1 Å². The summed E-state index contributed by atoms with van der Waals surface area (Å²) in [5, 5.41) is 11.8. The summed E-state index contributed by atoms with van der Waals surface area (Å²) >= 11 is 0. The zero-order valence-corrected chi connectivity index (χ0v) is 22.6. The number of ketones is 1. The van der Waals surface area contributed by atoms with Gasteiger partial charge >= 0.3 is 0 Å². The summed E-state index contributed by atoms with van der Waals surface area (Å²) in [6, 6.07) is 11.3. The second-order valence-electron chi connectivity index (χ2n) is 9.21. The summed E-state index contributed by atoms with van der Waals surface area (Å²) in [5.41, 5.74) is 0.951. The molecule has 0 aliphatic carbocycles. The van der Waals surface area contributed by atoms with Crippen molar-refractivity contribution < 1.29 is 33.3 Å². The fourth-order valence-corrected chi connectivity index (χ4v) is 4.98. The van der Waals surface area contributed by atoms with Crippen LogP contribution in [0.1, 0.15) is 42.4 Å². The smallest absolute Gasteiger partial charge is 0.290 e. The SMILES string of the molecule is CCOc1ccc(C2C(C(=O)c3cc4cccc(OC)c4o3)=C(O)C(=O)N2CCCn2ccnc2)cc1OCC. The number of rotatable bonds is 12. The minimum Gasteiger partial charge on any atom is -0.503 e.